The summed E-state index contributed by atoms with van der Waals surface area (Å²) in [7, 11) is 0. The van der Waals surface area contributed by atoms with Crippen molar-refractivity contribution in [2.75, 3.05) is 13.1 Å². The van der Waals surface area contributed by atoms with Gasteiger partial charge in [0.25, 0.3) is 5.91 Å². The molecule has 1 aliphatic rings. The smallest absolute Gasteiger partial charge is 0.272 e. The van der Waals surface area contributed by atoms with Crippen molar-refractivity contribution < 1.29 is 18.3 Å². The summed E-state index contributed by atoms with van der Waals surface area (Å²) in [6.07, 6.45) is -0.143. The van der Waals surface area contributed by atoms with E-state index in [4.69, 9.17) is 4.74 Å². The molecule has 3 aromatic rings. The second-order valence-corrected chi connectivity index (χ2v) is 6.24. The third kappa shape index (κ3) is 3.15. The van der Waals surface area contributed by atoms with Gasteiger partial charge in [0.05, 0.1) is 12.7 Å². The Bertz CT molecular complexity index is 971. The first-order valence-electron chi connectivity index (χ1n) is 8.31. The van der Waals surface area contributed by atoms with Gasteiger partial charge in [0.15, 0.2) is 0 Å². The van der Waals surface area contributed by atoms with Crippen molar-refractivity contribution in [2.24, 2.45) is 0 Å². The number of ether oxygens (including phenoxy) is 1. The number of amides is 1. The lowest BCUT2D eigenvalue weighted by atomic mass is 10.1. The molecule has 0 N–H and O–H groups in total. The molecule has 1 aliphatic heterocycles. The third-order valence-electron chi connectivity index (χ3n) is 4.46. The second-order valence-electron chi connectivity index (χ2n) is 6.24. The van der Waals surface area contributed by atoms with Crippen molar-refractivity contribution in [1.29, 1.82) is 0 Å². The van der Waals surface area contributed by atoms with E-state index >= 15 is 0 Å². The maximum absolute atomic E-state index is 13.8. The van der Waals surface area contributed by atoms with Crippen LogP contribution in [0, 0.1) is 11.6 Å². The summed E-state index contributed by atoms with van der Waals surface area (Å²) in [4.78, 5) is 18.2. The van der Waals surface area contributed by atoms with Crippen LogP contribution >= 0.6 is 0 Å². The first kappa shape index (κ1) is 16.6. The minimum absolute atomic E-state index is 0.143. The van der Waals surface area contributed by atoms with Gasteiger partial charge in [-0.25, -0.2) is 13.8 Å². The molecule has 1 aromatic heterocycles. The number of fused-ring (bicyclic) bond motifs is 1. The average molecular weight is 354 g/mol. The van der Waals surface area contributed by atoms with E-state index in [1.54, 1.807) is 47.4 Å². The highest BCUT2D eigenvalue weighted by molar-refractivity contribution is 5.95. The Kier molecular flexibility index (Phi) is 4.34. The summed E-state index contributed by atoms with van der Waals surface area (Å²) in [5.41, 5.74) is 0.880. The third-order valence-corrected chi connectivity index (χ3v) is 4.46. The molecule has 1 amide bonds. The van der Waals surface area contributed by atoms with Crippen LogP contribution in [0.3, 0.4) is 0 Å². The standard InChI is InChI=1S/C20H16F2N2O2/c21-16-6-2-1-4-14(16)12-26-15-10-24(11-15)20(25)18-9-8-13-5-3-7-17(22)19(13)23-18/h1-9,15H,10-12H2. The van der Waals surface area contributed by atoms with Crippen molar-refractivity contribution in [2.45, 2.75) is 12.7 Å². The van der Waals surface area contributed by atoms with Crippen LogP contribution in [0.5, 0.6) is 0 Å². The molecule has 2 heterocycles. The molecule has 1 fully saturated rings. The van der Waals surface area contributed by atoms with Gasteiger partial charge < -0.3 is 9.64 Å². The van der Waals surface area contributed by atoms with Gasteiger partial charge in [0.1, 0.15) is 22.8 Å². The van der Waals surface area contributed by atoms with Crippen LogP contribution in [-0.4, -0.2) is 35.0 Å². The number of likely N-dealkylation sites (tertiary alicyclic amines) is 1. The normalized spacial score (nSPS) is 14.5. The summed E-state index contributed by atoms with van der Waals surface area (Å²) < 4.78 is 33.0. The van der Waals surface area contributed by atoms with E-state index in [2.05, 4.69) is 4.98 Å². The number of halogens is 2. The van der Waals surface area contributed by atoms with Gasteiger partial charge in [0.2, 0.25) is 0 Å². The molecule has 26 heavy (non-hydrogen) atoms. The molecular formula is C20H16F2N2O2. The SMILES string of the molecule is O=C(c1ccc2cccc(F)c2n1)N1CC(OCc2ccccc2F)C1. The molecule has 0 bridgehead atoms. The quantitative estimate of drug-likeness (QED) is 0.720. The molecule has 0 saturated carbocycles. The monoisotopic (exact) mass is 354 g/mol. The van der Waals surface area contributed by atoms with Crippen LogP contribution in [-0.2, 0) is 11.3 Å². The van der Waals surface area contributed by atoms with Crippen molar-refractivity contribution in [3.8, 4) is 0 Å². The van der Waals surface area contributed by atoms with E-state index in [1.165, 1.54) is 12.1 Å². The molecule has 4 nitrogen and oxygen atoms in total. The molecule has 6 heteroatoms. The van der Waals surface area contributed by atoms with Gasteiger partial charge in [-0.2, -0.15) is 0 Å². The van der Waals surface area contributed by atoms with Crippen LogP contribution < -0.4 is 0 Å². The summed E-state index contributed by atoms with van der Waals surface area (Å²) in [5, 5.41) is 0.649. The molecule has 0 aliphatic carbocycles. The van der Waals surface area contributed by atoms with Crippen LogP contribution in [0.15, 0.2) is 54.6 Å². The lowest BCUT2D eigenvalue weighted by Crippen LogP contribution is -2.54. The maximum atomic E-state index is 13.8. The highest BCUT2D eigenvalue weighted by Crippen LogP contribution is 2.20. The second kappa shape index (κ2) is 6.80. The highest BCUT2D eigenvalue weighted by atomic mass is 19.1. The summed E-state index contributed by atoms with van der Waals surface area (Å²) in [6.45, 7) is 0.980. The molecule has 2 aromatic carbocycles. The number of carbonyl (C=O) groups excluding carboxylic acids is 1. The zero-order chi connectivity index (χ0) is 18.1. The topological polar surface area (TPSA) is 42.4 Å². The average Bonchev–Trinajstić information content (AvgIpc) is 2.62. The molecular weight excluding hydrogens is 338 g/mol. The van der Waals surface area contributed by atoms with Gasteiger partial charge in [-0.15, -0.1) is 0 Å². The van der Waals surface area contributed by atoms with Gasteiger partial charge >= 0.3 is 0 Å². The van der Waals surface area contributed by atoms with Gasteiger partial charge in [-0.1, -0.05) is 36.4 Å². The fourth-order valence-electron chi connectivity index (χ4n) is 2.92. The minimum Gasteiger partial charge on any atom is -0.370 e. The lowest BCUT2D eigenvalue weighted by molar-refractivity contribution is -0.0511. The number of para-hydroxylation sites is 1. The number of nitrogens with zero attached hydrogens (tertiary/aromatic N) is 2. The predicted octanol–water partition coefficient (Wildman–Crippen LogP) is 3.55. The summed E-state index contributed by atoms with van der Waals surface area (Å²) in [6, 6.07) is 14.4. The highest BCUT2D eigenvalue weighted by Gasteiger charge is 2.32. The summed E-state index contributed by atoms with van der Waals surface area (Å²) >= 11 is 0. The number of benzene rings is 2. The predicted molar refractivity (Wildman–Crippen MR) is 92.6 cm³/mol. The Labute approximate surface area is 149 Å². The number of aromatic nitrogens is 1. The Morgan fingerprint density at radius 2 is 1.81 bits per heavy atom. The fourth-order valence-corrected chi connectivity index (χ4v) is 2.92. The van der Waals surface area contributed by atoms with Gasteiger partial charge in [-0.3, -0.25) is 4.79 Å². The van der Waals surface area contributed by atoms with E-state index in [0.29, 0.717) is 24.0 Å². The Hall–Kier alpha value is -2.86. The molecule has 0 atom stereocenters. The first-order valence-corrected chi connectivity index (χ1v) is 8.31. The summed E-state index contributed by atoms with van der Waals surface area (Å²) in [5.74, 6) is -1.02. The van der Waals surface area contributed by atoms with Crippen LogP contribution in [0.25, 0.3) is 10.9 Å². The van der Waals surface area contributed by atoms with Crippen LogP contribution in [0.2, 0.25) is 0 Å². The molecule has 1 saturated heterocycles. The van der Waals surface area contributed by atoms with E-state index in [9.17, 15) is 13.6 Å². The van der Waals surface area contributed by atoms with Crippen molar-refractivity contribution >= 4 is 16.8 Å². The lowest BCUT2D eigenvalue weighted by Gasteiger charge is -2.38. The fraction of sp³-hybridized carbons (Fsp3) is 0.200. The first-order chi connectivity index (χ1) is 12.6. The number of hydrogen-bond donors (Lipinski definition) is 0. The zero-order valence-corrected chi connectivity index (χ0v) is 13.9. The maximum Gasteiger partial charge on any atom is 0.272 e. The molecule has 0 unspecified atom stereocenters. The van der Waals surface area contributed by atoms with E-state index in [-0.39, 0.29) is 35.6 Å². The Balaban J connectivity index is 1.37. The van der Waals surface area contributed by atoms with Gasteiger partial charge in [0, 0.05) is 24.0 Å². The molecule has 4 rings (SSSR count). The number of hydrogen-bond acceptors (Lipinski definition) is 3. The number of rotatable bonds is 4. The van der Waals surface area contributed by atoms with E-state index < -0.39 is 5.82 Å². The van der Waals surface area contributed by atoms with Gasteiger partial charge in [-0.05, 0) is 18.2 Å². The minimum atomic E-state index is -0.452. The zero-order valence-electron chi connectivity index (χ0n) is 13.9. The van der Waals surface area contributed by atoms with Crippen molar-refractivity contribution in [3.05, 3.63) is 77.5 Å². The van der Waals surface area contributed by atoms with Crippen molar-refractivity contribution in [3.63, 3.8) is 0 Å². The van der Waals surface area contributed by atoms with E-state index in [1.807, 2.05) is 0 Å². The van der Waals surface area contributed by atoms with Crippen molar-refractivity contribution in [1.82, 2.24) is 9.88 Å². The molecule has 0 radical (unpaired) electrons. The Morgan fingerprint density at radius 3 is 2.62 bits per heavy atom. The largest absolute Gasteiger partial charge is 0.370 e. The number of pyridine rings is 1. The number of carbonyl (C=O) groups is 1. The van der Waals surface area contributed by atoms with Crippen LogP contribution in [0.4, 0.5) is 8.78 Å². The van der Waals surface area contributed by atoms with Crippen LogP contribution in [0.1, 0.15) is 16.1 Å². The Morgan fingerprint density at radius 1 is 1.04 bits per heavy atom. The van der Waals surface area contributed by atoms with E-state index in [0.717, 1.165) is 0 Å². The molecule has 132 valence electrons. The molecule has 0 spiro atoms.